The number of aliphatic hydroxyl groups excluding tert-OH is 1. The Morgan fingerprint density at radius 3 is 2.14 bits per heavy atom. The van der Waals surface area contributed by atoms with Crippen LogP contribution in [0.1, 0.15) is 6.92 Å². The van der Waals surface area contributed by atoms with Crippen LogP contribution in [0.4, 0.5) is 0 Å². The van der Waals surface area contributed by atoms with E-state index in [9.17, 15) is 0 Å². The summed E-state index contributed by atoms with van der Waals surface area (Å²) in [6, 6.07) is 16.5. The van der Waals surface area contributed by atoms with Gasteiger partial charge in [0.15, 0.2) is 0 Å². The number of thioether (sulfide) groups is 1. The summed E-state index contributed by atoms with van der Waals surface area (Å²) in [4.78, 5) is 1.26. The van der Waals surface area contributed by atoms with Crippen molar-refractivity contribution in [3.05, 3.63) is 48.5 Å². The van der Waals surface area contributed by atoms with E-state index in [0.29, 0.717) is 6.61 Å². The lowest BCUT2D eigenvalue weighted by atomic mass is 10.1. The third kappa shape index (κ3) is 5.37. The summed E-state index contributed by atoms with van der Waals surface area (Å²) >= 11 is 1.81. The van der Waals surface area contributed by atoms with Gasteiger partial charge in [0, 0.05) is 17.3 Å². The van der Waals surface area contributed by atoms with Crippen molar-refractivity contribution >= 4 is 11.8 Å². The molecule has 0 bridgehead atoms. The summed E-state index contributed by atoms with van der Waals surface area (Å²) in [6.45, 7) is 3.94. The monoisotopic (exact) mass is 318 g/mol. The van der Waals surface area contributed by atoms with E-state index in [1.807, 2.05) is 43.0 Å². The summed E-state index contributed by atoms with van der Waals surface area (Å²) in [5, 5.41) is 8.74. The summed E-state index contributed by atoms with van der Waals surface area (Å²) in [6.07, 6.45) is 0. The first-order valence-electron chi connectivity index (χ1n) is 7.48. The van der Waals surface area contributed by atoms with E-state index in [1.54, 1.807) is 0 Å². The summed E-state index contributed by atoms with van der Waals surface area (Å²) in [7, 11) is 0. The van der Waals surface area contributed by atoms with Crippen molar-refractivity contribution in [2.75, 3.05) is 32.2 Å². The SMILES string of the molecule is CCOCCSc1ccc(-c2ccc(OCCO)cc2)cc1. The third-order valence-corrected chi connectivity index (χ3v) is 4.08. The zero-order valence-corrected chi connectivity index (χ0v) is 13.6. The Morgan fingerprint density at radius 1 is 0.909 bits per heavy atom. The Labute approximate surface area is 136 Å². The molecule has 0 aliphatic rings. The van der Waals surface area contributed by atoms with Gasteiger partial charge in [0.1, 0.15) is 12.4 Å². The second kappa shape index (κ2) is 9.51. The van der Waals surface area contributed by atoms with Crippen LogP contribution in [0.25, 0.3) is 11.1 Å². The first-order chi connectivity index (χ1) is 10.8. The lowest BCUT2D eigenvalue weighted by molar-refractivity contribution is 0.164. The Hall–Kier alpha value is -1.49. The van der Waals surface area contributed by atoms with Crippen LogP contribution in [0.15, 0.2) is 53.4 Å². The van der Waals surface area contributed by atoms with Gasteiger partial charge < -0.3 is 14.6 Å². The number of hydrogen-bond acceptors (Lipinski definition) is 4. The predicted octanol–water partition coefficient (Wildman–Crippen LogP) is 3.85. The molecule has 0 saturated heterocycles. The van der Waals surface area contributed by atoms with E-state index in [0.717, 1.165) is 30.3 Å². The molecule has 118 valence electrons. The zero-order chi connectivity index (χ0) is 15.6. The highest BCUT2D eigenvalue weighted by molar-refractivity contribution is 7.99. The van der Waals surface area contributed by atoms with Gasteiger partial charge >= 0.3 is 0 Å². The highest BCUT2D eigenvalue weighted by atomic mass is 32.2. The maximum absolute atomic E-state index is 8.74. The minimum absolute atomic E-state index is 0.0319. The molecular weight excluding hydrogens is 296 g/mol. The Morgan fingerprint density at radius 2 is 1.55 bits per heavy atom. The molecular formula is C18H22O3S. The van der Waals surface area contributed by atoms with Gasteiger partial charge in [-0.25, -0.2) is 0 Å². The largest absolute Gasteiger partial charge is 0.491 e. The second-order valence-corrected chi connectivity index (χ2v) is 5.83. The van der Waals surface area contributed by atoms with Crippen LogP contribution in [-0.4, -0.2) is 37.3 Å². The fraction of sp³-hybridized carbons (Fsp3) is 0.333. The normalized spacial score (nSPS) is 10.6. The average Bonchev–Trinajstić information content (AvgIpc) is 2.58. The number of rotatable bonds is 9. The topological polar surface area (TPSA) is 38.7 Å². The van der Waals surface area contributed by atoms with Crippen LogP contribution < -0.4 is 4.74 Å². The molecule has 3 nitrogen and oxygen atoms in total. The van der Waals surface area contributed by atoms with Crippen molar-refractivity contribution in [2.45, 2.75) is 11.8 Å². The highest BCUT2D eigenvalue weighted by Gasteiger charge is 2.00. The standard InChI is InChI=1S/C18H22O3S/c1-2-20-13-14-22-18-9-5-16(6-10-18)15-3-7-17(8-4-15)21-12-11-19/h3-10,19H,2,11-14H2,1H3. The van der Waals surface area contributed by atoms with Crippen molar-refractivity contribution < 1.29 is 14.6 Å². The Kier molecular flexibility index (Phi) is 7.30. The van der Waals surface area contributed by atoms with Gasteiger partial charge in [-0.3, -0.25) is 0 Å². The first kappa shape index (κ1) is 16.9. The molecule has 0 aliphatic heterocycles. The molecule has 2 aromatic rings. The average molecular weight is 318 g/mol. The van der Waals surface area contributed by atoms with Gasteiger partial charge in [0.05, 0.1) is 13.2 Å². The van der Waals surface area contributed by atoms with E-state index < -0.39 is 0 Å². The Balaban J connectivity index is 1.92. The Bertz CT molecular complexity index is 537. The molecule has 1 N–H and O–H groups in total. The third-order valence-electron chi connectivity index (χ3n) is 3.10. The van der Waals surface area contributed by atoms with Crippen molar-refractivity contribution in [3.63, 3.8) is 0 Å². The van der Waals surface area contributed by atoms with E-state index >= 15 is 0 Å². The summed E-state index contributed by atoms with van der Waals surface area (Å²) < 4.78 is 10.7. The van der Waals surface area contributed by atoms with Crippen molar-refractivity contribution in [3.8, 4) is 16.9 Å². The molecule has 0 amide bonds. The second-order valence-electron chi connectivity index (χ2n) is 4.67. The van der Waals surface area contributed by atoms with Gasteiger partial charge in [-0.2, -0.15) is 0 Å². The van der Waals surface area contributed by atoms with E-state index in [-0.39, 0.29) is 6.61 Å². The summed E-state index contributed by atoms with van der Waals surface area (Å²) in [5.74, 6) is 1.75. The first-order valence-corrected chi connectivity index (χ1v) is 8.46. The zero-order valence-electron chi connectivity index (χ0n) is 12.8. The molecule has 0 aliphatic carbocycles. The molecule has 4 heteroatoms. The lowest BCUT2D eigenvalue weighted by Gasteiger charge is -2.07. The van der Waals surface area contributed by atoms with Gasteiger partial charge in [0.2, 0.25) is 0 Å². The van der Waals surface area contributed by atoms with Crippen LogP contribution in [0.3, 0.4) is 0 Å². The molecule has 0 atom stereocenters. The summed E-state index contributed by atoms with van der Waals surface area (Å²) in [5.41, 5.74) is 2.34. The fourth-order valence-electron chi connectivity index (χ4n) is 2.01. The van der Waals surface area contributed by atoms with Gasteiger partial charge in [-0.15, -0.1) is 11.8 Å². The molecule has 0 unspecified atom stereocenters. The smallest absolute Gasteiger partial charge is 0.119 e. The van der Waals surface area contributed by atoms with Gasteiger partial charge in [-0.1, -0.05) is 24.3 Å². The molecule has 0 fully saturated rings. The lowest BCUT2D eigenvalue weighted by Crippen LogP contribution is -2.01. The van der Waals surface area contributed by atoms with Crippen LogP contribution in [0.5, 0.6) is 5.75 Å². The number of benzene rings is 2. The maximum atomic E-state index is 8.74. The molecule has 0 radical (unpaired) electrons. The van der Waals surface area contributed by atoms with Crippen LogP contribution in [0, 0.1) is 0 Å². The molecule has 0 spiro atoms. The van der Waals surface area contributed by atoms with Crippen molar-refractivity contribution in [2.24, 2.45) is 0 Å². The van der Waals surface area contributed by atoms with Crippen LogP contribution >= 0.6 is 11.8 Å². The van der Waals surface area contributed by atoms with E-state index in [2.05, 4.69) is 24.3 Å². The molecule has 0 heterocycles. The van der Waals surface area contributed by atoms with E-state index in [4.69, 9.17) is 14.6 Å². The molecule has 0 saturated carbocycles. The molecule has 0 aromatic heterocycles. The number of aliphatic hydroxyl groups is 1. The van der Waals surface area contributed by atoms with Crippen LogP contribution in [0.2, 0.25) is 0 Å². The minimum atomic E-state index is 0.0319. The molecule has 2 rings (SSSR count). The number of ether oxygens (including phenoxy) is 2. The molecule has 2 aromatic carbocycles. The van der Waals surface area contributed by atoms with Crippen molar-refractivity contribution in [1.82, 2.24) is 0 Å². The van der Waals surface area contributed by atoms with Gasteiger partial charge in [-0.05, 0) is 42.3 Å². The quantitative estimate of drug-likeness (QED) is 0.563. The minimum Gasteiger partial charge on any atom is -0.491 e. The van der Waals surface area contributed by atoms with Crippen LogP contribution in [-0.2, 0) is 4.74 Å². The van der Waals surface area contributed by atoms with E-state index in [1.165, 1.54) is 10.5 Å². The van der Waals surface area contributed by atoms with Gasteiger partial charge in [0.25, 0.3) is 0 Å². The number of hydrogen-bond donors (Lipinski definition) is 1. The van der Waals surface area contributed by atoms with Crippen molar-refractivity contribution in [1.29, 1.82) is 0 Å². The highest BCUT2D eigenvalue weighted by Crippen LogP contribution is 2.25. The predicted molar refractivity (Wildman–Crippen MR) is 91.7 cm³/mol. The fourth-order valence-corrected chi connectivity index (χ4v) is 2.78. The maximum Gasteiger partial charge on any atom is 0.119 e. The molecule has 22 heavy (non-hydrogen) atoms.